The summed E-state index contributed by atoms with van der Waals surface area (Å²) >= 11 is 0. The van der Waals surface area contributed by atoms with Crippen LogP contribution in [0.15, 0.2) is 0 Å². The topological polar surface area (TPSA) is 0 Å². The Balaban J connectivity index is 2.63. The Bertz CT molecular complexity index is 137. The molecule has 0 bridgehead atoms. The molecule has 66 valence electrons. The van der Waals surface area contributed by atoms with Crippen LogP contribution in [0.1, 0.15) is 53.9 Å². The van der Waals surface area contributed by atoms with Gasteiger partial charge in [-0.15, -0.1) is 0 Å². The quantitative estimate of drug-likeness (QED) is 0.538. The molecule has 1 aliphatic rings. The Labute approximate surface area is 71.4 Å². The molecule has 0 N–H and O–H groups in total. The summed E-state index contributed by atoms with van der Waals surface area (Å²) in [5.41, 5.74) is 1.20. The number of hydrogen-bond acceptors (Lipinski definition) is 0. The zero-order valence-electron chi connectivity index (χ0n) is 8.70. The van der Waals surface area contributed by atoms with Gasteiger partial charge in [-0.3, -0.25) is 0 Å². The van der Waals surface area contributed by atoms with Gasteiger partial charge in [-0.25, -0.2) is 0 Å². The van der Waals surface area contributed by atoms with E-state index in [0.29, 0.717) is 10.8 Å². The van der Waals surface area contributed by atoms with Gasteiger partial charge in [-0.1, -0.05) is 41.0 Å². The smallest absolute Gasteiger partial charge is 0.0295 e. The fourth-order valence-electron chi connectivity index (χ4n) is 2.68. The normalized spacial score (nSPS) is 38.5. The van der Waals surface area contributed by atoms with E-state index in [9.17, 15) is 0 Å². The van der Waals surface area contributed by atoms with E-state index in [4.69, 9.17) is 0 Å². The zero-order chi connectivity index (χ0) is 8.70. The van der Waals surface area contributed by atoms with Crippen LogP contribution in [0.3, 0.4) is 0 Å². The third-order valence-electron chi connectivity index (χ3n) is 3.70. The van der Waals surface area contributed by atoms with Gasteiger partial charge in [0.25, 0.3) is 0 Å². The number of hydrogen-bond donors (Lipinski definition) is 0. The molecule has 0 saturated heterocycles. The molecule has 0 heterocycles. The predicted octanol–water partition coefficient (Wildman–Crippen LogP) is 3.86. The van der Waals surface area contributed by atoms with Gasteiger partial charge < -0.3 is 0 Å². The van der Waals surface area contributed by atoms with Gasteiger partial charge in [0, 0.05) is 0 Å². The number of rotatable bonds is 1. The second-order valence-electron chi connectivity index (χ2n) is 5.46. The molecular weight excluding hydrogens is 132 g/mol. The fourth-order valence-corrected chi connectivity index (χ4v) is 2.68. The van der Waals surface area contributed by atoms with Crippen molar-refractivity contribution in [2.45, 2.75) is 53.9 Å². The molecule has 2 atom stereocenters. The van der Waals surface area contributed by atoms with E-state index in [0.717, 1.165) is 5.92 Å². The fraction of sp³-hybridized carbons (Fsp3) is 1.00. The first kappa shape index (κ1) is 9.09. The first-order valence-electron chi connectivity index (χ1n) is 4.90. The molecule has 2 unspecified atom stereocenters. The summed E-state index contributed by atoms with van der Waals surface area (Å²) < 4.78 is 0. The molecule has 0 spiro atoms. The van der Waals surface area contributed by atoms with Crippen LogP contribution >= 0.6 is 0 Å². The van der Waals surface area contributed by atoms with Crippen LogP contribution < -0.4 is 0 Å². The standard InChI is InChI=1S/C11H22/c1-6-11(5)8-7-9(11)10(2,3)4/h9H,6-8H2,1-5H3. The first-order valence-corrected chi connectivity index (χ1v) is 4.90. The van der Waals surface area contributed by atoms with E-state index in [-0.39, 0.29) is 0 Å². The highest BCUT2D eigenvalue weighted by Gasteiger charge is 2.46. The van der Waals surface area contributed by atoms with E-state index in [1.165, 1.54) is 19.3 Å². The van der Waals surface area contributed by atoms with E-state index < -0.39 is 0 Å². The van der Waals surface area contributed by atoms with Crippen molar-refractivity contribution in [1.82, 2.24) is 0 Å². The Kier molecular flexibility index (Phi) is 2.07. The Morgan fingerprint density at radius 3 is 2.00 bits per heavy atom. The van der Waals surface area contributed by atoms with Gasteiger partial charge in [0.15, 0.2) is 0 Å². The molecule has 0 radical (unpaired) electrons. The highest BCUT2D eigenvalue weighted by Crippen LogP contribution is 2.56. The summed E-state index contributed by atoms with van der Waals surface area (Å²) in [5, 5.41) is 0. The summed E-state index contributed by atoms with van der Waals surface area (Å²) in [5.74, 6) is 0.958. The lowest BCUT2D eigenvalue weighted by molar-refractivity contribution is -0.0343. The van der Waals surface area contributed by atoms with Crippen LogP contribution in [-0.4, -0.2) is 0 Å². The maximum absolute atomic E-state index is 2.45. The van der Waals surface area contributed by atoms with Crippen molar-refractivity contribution in [3.8, 4) is 0 Å². The Morgan fingerprint density at radius 1 is 1.36 bits per heavy atom. The molecule has 11 heavy (non-hydrogen) atoms. The van der Waals surface area contributed by atoms with Gasteiger partial charge in [-0.05, 0) is 29.6 Å². The average Bonchev–Trinajstić information content (AvgIpc) is 1.80. The lowest BCUT2D eigenvalue weighted by atomic mass is 9.52. The molecule has 0 amide bonds. The molecule has 1 aliphatic carbocycles. The summed E-state index contributed by atoms with van der Waals surface area (Å²) in [7, 11) is 0. The van der Waals surface area contributed by atoms with Crippen LogP contribution in [0.5, 0.6) is 0 Å². The highest BCUT2D eigenvalue weighted by molar-refractivity contribution is 4.96. The van der Waals surface area contributed by atoms with Gasteiger partial charge in [0.2, 0.25) is 0 Å². The molecule has 0 aromatic carbocycles. The minimum Gasteiger partial charge on any atom is -0.0649 e. The van der Waals surface area contributed by atoms with Crippen molar-refractivity contribution < 1.29 is 0 Å². The molecule has 0 aromatic rings. The summed E-state index contributed by atoms with van der Waals surface area (Å²) in [4.78, 5) is 0. The van der Waals surface area contributed by atoms with Crippen molar-refractivity contribution in [2.75, 3.05) is 0 Å². The molecule has 0 aliphatic heterocycles. The summed E-state index contributed by atoms with van der Waals surface area (Å²) in [6, 6.07) is 0. The highest BCUT2D eigenvalue weighted by atomic mass is 14.5. The first-order chi connectivity index (χ1) is 4.90. The second-order valence-corrected chi connectivity index (χ2v) is 5.46. The van der Waals surface area contributed by atoms with E-state index in [1.807, 2.05) is 0 Å². The summed E-state index contributed by atoms with van der Waals surface area (Å²) in [6.07, 6.45) is 4.26. The minimum atomic E-state index is 0.531. The van der Waals surface area contributed by atoms with Crippen molar-refractivity contribution in [3.63, 3.8) is 0 Å². The molecule has 0 nitrogen and oxygen atoms in total. The molecule has 1 rings (SSSR count). The van der Waals surface area contributed by atoms with Gasteiger partial charge in [0.05, 0.1) is 0 Å². The van der Waals surface area contributed by atoms with E-state index in [2.05, 4.69) is 34.6 Å². The maximum atomic E-state index is 2.45. The summed E-state index contributed by atoms with van der Waals surface area (Å²) in [6.45, 7) is 11.9. The van der Waals surface area contributed by atoms with Crippen LogP contribution in [0, 0.1) is 16.7 Å². The van der Waals surface area contributed by atoms with Crippen LogP contribution in [0.25, 0.3) is 0 Å². The van der Waals surface area contributed by atoms with Crippen LogP contribution in [0.2, 0.25) is 0 Å². The third-order valence-corrected chi connectivity index (χ3v) is 3.70. The SMILES string of the molecule is CCC1(C)CCC1C(C)(C)C. The lowest BCUT2D eigenvalue weighted by Crippen LogP contribution is -2.44. The largest absolute Gasteiger partial charge is 0.0649 e. The van der Waals surface area contributed by atoms with Crippen molar-refractivity contribution in [2.24, 2.45) is 16.7 Å². The Morgan fingerprint density at radius 2 is 1.91 bits per heavy atom. The minimum absolute atomic E-state index is 0.531. The van der Waals surface area contributed by atoms with E-state index in [1.54, 1.807) is 0 Å². The van der Waals surface area contributed by atoms with Gasteiger partial charge in [-0.2, -0.15) is 0 Å². The van der Waals surface area contributed by atoms with Crippen LogP contribution in [0.4, 0.5) is 0 Å². The predicted molar refractivity (Wildman–Crippen MR) is 50.6 cm³/mol. The van der Waals surface area contributed by atoms with Crippen molar-refractivity contribution >= 4 is 0 Å². The molecule has 1 fully saturated rings. The zero-order valence-corrected chi connectivity index (χ0v) is 8.70. The maximum Gasteiger partial charge on any atom is -0.0295 e. The second kappa shape index (κ2) is 2.50. The molecule has 0 heteroatoms. The van der Waals surface area contributed by atoms with Gasteiger partial charge >= 0.3 is 0 Å². The van der Waals surface area contributed by atoms with Gasteiger partial charge in [0.1, 0.15) is 0 Å². The van der Waals surface area contributed by atoms with Crippen molar-refractivity contribution in [1.29, 1.82) is 0 Å². The lowest BCUT2D eigenvalue weighted by Gasteiger charge is -2.53. The third kappa shape index (κ3) is 1.45. The average molecular weight is 154 g/mol. The van der Waals surface area contributed by atoms with Crippen LogP contribution in [-0.2, 0) is 0 Å². The van der Waals surface area contributed by atoms with E-state index >= 15 is 0 Å². The van der Waals surface area contributed by atoms with Crippen molar-refractivity contribution in [3.05, 3.63) is 0 Å². The molecule has 1 saturated carbocycles. The monoisotopic (exact) mass is 154 g/mol. The Hall–Kier alpha value is 0. The molecule has 0 aromatic heterocycles. The molecular formula is C11H22.